The molecule has 108 valence electrons. The van der Waals surface area contributed by atoms with Gasteiger partial charge in [-0.3, -0.25) is 4.79 Å². The summed E-state index contributed by atoms with van der Waals surface area (Å²) in [5.41, 5.74) is -0.524. The zero-order valence-electron chi connectivity index (χ0n) is 10.8. The molecular formula is C13H14F2N2O3. The minimum atomic E-state index is -0.982. The number of likely N-dealkylation sites (tertiary alicyclic amines) is 1. The number of hydrogen-bond donors (Lipinski definition) is 2. The zero-order chi connectivity index (χ0) is 14.9. The van der Waals surface area contributed by atoms with E-state index >= 15 is 0 Å². The van der Waals surface area contributed by atoms with E-state index in [9.17, 15) is 18.4 Å². The number of aliphatic carboxylic acids is 1. The molecule has 1 aromatic carbocycles. The van der Waals surface area contributed by atoms with Crippen LogP contribution in [0.5, 0.6) is 0 Å². The fourth-order valence-corrected chi connectivity index (χ4v) is 2.26. The summed E-state index contributed by atoms with van der Waals surface area (Å²) in [5, 5.41) is 11.1. The smallest absolute Gasteiger partial charge is 0.322 e. The van der Waals surface area contributed by atoms with Crippen molar-refractivity contribution in [1.29, 1.82) is 0 Å². The van der Waals surface area contributed by atoms with Gasteiger partial charge in [0.2, 0.25) is 0 Å². The van der Waals surface area contributed by atoms with Gasteiger partial charge in [0.1, 0.15) is 17.3 Å². The summed E-state index contributed by atoms with van der Waals surface area (Å²) >= 11 is 0. The second kappa shape index (κ2) is 5.44. The van der Waals surface area contributed by atoms with Crippen molar-refractivity contribution in [3.63, 3.8) is 0 Å². The Bertz CT molecular complexity index is 530. The number of anilines is 1. The molecule has 1 aliphatic rings. The maximum atomic E-state index is 13.4. The van der Waals surface area contributed by atoms with Crippen molar-refractivity contribution in [2.45, 2.75) is 6.92 Å². The molecule has 0 saturated carbocycles. The highest BCUT2D eigenvalue weighted by molar-refractivity contribution is 5.90. The van der Waals surface area contributed by atoms with Gasteiger partial charge in [-0.05, 0) is 18.1 Å². The summed E-state index contributed by atoms with van der Waals surface area (Å²) in [4.78, 5) is 24.1. The molecule has 2 amide bonds. The number of nitrogens with zero attached hydrogens (tertiary/aromatic N) is 1. The summed E-state index contributed by atoms with van der Waals surface area (Å²) in [5.74, 6) is -3.60. The van der Waals surface area contributed by atoms with Gasteiger partial charge in [-0.2, -0.15) is 0 Å². The Hall–Kier alpha value is -2.18. The number of halogens is 2. The largest absolute Gasteiger partial charge is 0.481 e. The van der Waals surface area contributed by atoms with E-state index in [1.54, 1.807) is 6.92 Å². The van der Waals surface area contributed by atoms with Gasteiger partial charge in [-0.15, -0.1) is 0 Å². The van der Waals surface area contributed by atoms with Gasteiger partial charge in [0.05, 0.1) is 5.92 Å². The normalized spacial score (nSPS) is 21.9. The van der Waals surface area contributed by atoms with Crippen LogP contribution in [0.2, 0.25) is 0 Å². The molecule has 0 bridgehead atoms. The Morgan fingerprint density at radius 3 is 2.40 bits per heavy atom. The lowest BCUT2D eigenvalue weighted by Gasteiger charge is -2.17. The number of urea groups is 1. The van der Waals surface area contributed by atoms with Gasteiger partial charge in [-0.25, -0.2) is 13.6 Å². The van der Waals surface area contributed by atoms with E-state index in [4.69, 9.17) is 5.11 Å². The van der Waals surface area contributed by atoms with E-state index < -0.39 is 35.2 Å². The van der Waals surface area contributed by atoms with Crippen LogP contribution in [0.25, 0.3) is 0 Å². The summed E-state index contributed by atoms with van der Waals surface area (Å²) in [7, 11) is 0. The molecule has 2 rings (SSSR count). The Balaban J connectivity index is 2.08. The Labute approximate surface area is 114 Å². The van der Waals surface area contributed by atoms with Crippen LogP contribution in [0, 0.1) is 23.5 Å². The standard InChI is InChI=1S/C13H14F2N2O3/c1-7-5-17(6-8(7)12(18)19)13(20)16-11-9(14)3-2-4-10(11)15/h2-4,7-8H,5-6H2,1H3,(H,16,20)(H,18,19). The van der Waals surface area contributed by atoms with Crippen molar-refractivity contribution in [2.75, 3.05) is 18.4 Å². The summed E-state index contributed by atoms with van der Waals surface area (Å²) in [6, 6.07) is 2.56. The minimum absolute atomic E-state index is 0.0262. The molecule has 0 aliphatic carbocycles. The molecule has 7 heteroatoms. The van der Waals surface area contributed by atoms with Crippen LogP contribution in [-0.2, 0) is 4.79 Å². The summed E-state index contributed by atoms with van der Waals surface area (Å²) < 4.78 is 26.8. The number of carbonyl (C=O) groups is 2. The average molecular weight is 284 g/mol. The number of para-hydroxylation sites is 1. The maximum absolute atomic E-state index is 13.4. The maximum Gasteiger partial charge on any atom is 0.322 e. The third-order valence-electron chi connectivity index (χ3n) is 3.41. The van der Waals surface area contributed by atoms with E-state index in [-0.39, 0.29) is 19.0 Å². The van der Waals surface area contributed by atoms with E-state index in [1.165, 1.54) is 11.0 Å². The van der Waals surface area contributed by atoms with E-state index in [0.717, 1.165) is 12.1 Å². The van der Waals surface area contributed by atoms with Gasteiger partial charge in [0.15, 0.2) is 0 Å². The number of hydrogen-bond acceptors (Lipinski definition) is 2. The number of carboxylic acid groups (broad SMARTS) is 1. The van der Waals surface area contributed by atoms with Crippen LogP contribution in [-0.4, -0.2) is 35.1 Å². The van der Waals surface area contributed by atoms with Crippen molar-refractivity contribution in [3.8, 4) is 0 Å². The van der Waals surface area contributed by atoms with Crippen molar-refractivity contribution >= 4 is 17.7 Å². The first-order valence-corrected chi connectivity index (χ1v) is 6.13. The summed E-state index contributed by atoms with van der Waals surface area (Å²) in [6.07, 6.45) is 0. The van der Waals surface area contributed by atoms with Crippen molar-refractivity contribution in [2.24, 2.45) is 11.8 Å². The first-order chi connectivity index (χ1) is 9.40. The number of nitrogens with one attached hydrogen (secondary N) is 1. The van der Waals surface area contributed by atoms with Gasteiger partial charge >= 0.3 is 12.0 Å². The quantitative estimate of drug-likeness (QED) is 0.874. The highest BCUT2D eigenvalue weighted by Gasteiger charge is 2.37. The number of carbonyl (C=O) groups excluding carboxylic acids is 1. The third kappa shape index (κ3) is 2.71. The van der Waals surface area contributed by atoms with Crippen LogP contribution < -0.4 is 5.32 Å². The summed E-state index contributed by atoms with van der Waals surface area (Å²) in [6.45, 7) is 1.98. The van der Waals surface area contributed by atoms with Crippen molar-refractivity contribution in [3.05, 3.63) is 29.8 Å². The third-order valence-corrected chi connectivity index (χ3v) is 3.41. The number of rotatable bonds is 2. The fraction of sp³-hybridized carbons (Fsp3) is 0.385. The fourth-order valence-electron chi connectivity index (χ4n) is 2.26. The first kappa shape index (κ1) is 14.2. The second-order valence-electron chi connectivity index (χ2n) is 4.85. The molecule has 20 heavy (non-hydrogen) atoms. The average Bonchev–Trinajstić information content (AvgIpc) is 2.76. The molecule has 1 aromatic rings. The molecule has 2 unspecified atom stereocenters. The van der Waals surface area contributed by atoms with Crippen molar-refractivity contribution < 1.29 is 23.5 Å². The number of benzene rings is 1. The topological polar surface area (TPSA) is 69.6 Å². The first-order valence-electron chi connectivity index (χ1n) is 6.13. The predicted octanol–water partition coefficient (Wildman–Crippen LogP) is 2.15. The van der Waals surface area contributed by atoms with Crippen LogP contribution in [0.15, 0.2) is 18.2 Å². The lowest BCUT2D eigenvalue weighted by atomic mass is 9.99. The van der Waals surface area contributed by atoms with Crippen LogP contribution in [0.1, 0.15) is 6.92 Å². The molecule has 1 heterocycles. The van der Waals surface area contributed by atoms with E-state index in [2.05, 4.69) is 5.32 Å². The van der Waals surface area contributed by atoms with Crippen LogP contribution >= 0.6 is 0 Å². The number of carboxylic acids is 1. The predicted molar refractivity (Wildman–Crippen MR) is 67.2 cm³/mol. The van der Waals surface area contributed by atoms with Gasteiger partial charge in [0.25, 0.3) is 0 Å². The molecule has 5 nitrogen and oxygen atoms in total. The highest BCUT2D eigenvalue weighted by atomic mass is 19.1. The molecule has 1 aliphatic heterocycles. The lowest BCUT2D eigenvalue weighted by Crippen LogP contribution is -2.34. The van der Waals surface area contributed by atoms with Gasteiger partial charge < -0.3 is 15.3 Å². The number of amides is 2. The Morgan fingerprint density at radius 2 is 1.90 bits per heavy atom. The Kier molecular flexibility index (Phi) is 3.87. The SMILES string of the molecule is CC1CN(C(=O)Nc2c(F)cccc2F)CC1C(=O)O. The monoisotopic (exact) mass is 284 g/mol. The minimum Gasteiger partial charge on any atom is -0.481 e. The molecule has 0 aromatic heterocycles. The molecule has 0 radical (unpaired) electrons. The zero-order valence-corrected chi connectivity index (χ0v) is 10.8. The van der Waals surface area contributed by atoms with Gasteiger partial charge in [-0.1, -0.05) is 13.0 Å². The molecule has 1 fully saturated rings. The molecule has 2 N–H and O–H groups in total. The van der Waals surface area contributed by atoms with Crippen molar-refractivity contribution in [1.82, 2.24) is 4.90 Å². The molecular weight excluding hydrogens is 270 g/mol. The second-order valence-corrected chi connectivity index (χ2v) is 4.85. The Morgan fingerprint density at radius 1 is 1.30 bits per heavy atom. The molecule has 1 saturated heterocycles. The van der Waals surface area contributed by atoms with Crippen LogP contribution in [0.3, 0.4) is 0 Å². The van der Waals surface area contributed by atoms with Crippen LogP contribution in [0.4, 0.5) is 19.3 Å². The molecule has 2 atom stereocenters. The molecule has 0 spiro atoms. The highest BCUT2D eigenvalue weighted by Crippen LogP contribution is 2.25. The van der Waals surface area contributed by atoms with Gasteiger partial charge in [0, 0.05) is 13.1 Å². The van der Waals surface area contributed by atoms with E-state index in [0.29, 0.717) is 0 Å². The van der Waals surface area contributed by atoms with E-state index in [1.807, 2.05) is 0 Å². The lowest BCUT2D eigenvalue weighted by molar-refractivity contribution is -0.142.